The number of methoxy groups -OCH3 is 1. The van der Waals surface area contributed by atoms with Gasteiger partial charge >= 0.3 is 11.8 Å². The van der Waals surface area contributed by atoms with Crippen molar-refractivity contribution in [3.05, 3.63) is 23.8 Å². The molecule has 0 radical (unpaired) electrons. The molecule has 27 heavy (non-hydrogen) atoms. The molecular formula is C19H27N3O5. The van der Waals surface area contributed by atoms with Crippen molar-refractivity contribution in [3.8, 4) is 11.5 Å². The first-order valence-corrected chi connectivity index (χ1v) is 9.07. The van der Waals surface area contributed by atoms with E-state index in [9.17, 15) is 14.4 Å². The Kier molecular flexibility index (Phi) is 7.04. The summed E-state index contributed by atoms with van der Waals surface area (Å²) in [5.74, 6) is -0.220. The lowest BCUT2D eigenvalue weighted by atomic mass is 10.1. The summed E-state index contributed by atoms with van der Waals surface area (Å²) >= 11 is 0. The van der Waals surface area contributed by atoms with E-state index in [0.717, 1.165) is 0 Å². The van der Waals surface area contributed by atoms with E-state index in [1.165, 1.54) is 4.90 Å². The first kappa shape index (κ1) is 20.5. The second-order valence-corrected chi connectivity index (χ2v) is 6.51. The van der Waals surface area contributed by atoms with Crippen LogP contribution < -0.4 is 14.8 Å². The van der Waals surface area contributed by atoms with Crippen molar-refractivity contribution in [3.63, 3.8) is 0 Å². The molecule has 0 unspecified atom stereocenters. The average Bonchev–Trinajstić information content (AvgIpc) is 2.66. The predicted molar refractivity (Wildman–Crippen MR) is 99.9 cm³/mol. The molecule has 1 aromatic carbocycles. The molecule has 1 heterocycles. The fourth-order valence-electron chi connectivity index (χ4n) is 2.84. The van der Waals surface area contributed by atoms with Crippen molar-refractivity contribution in [2.45, 2.75) is 26.8 Å². The number of piperazine rings is 1. The van der Waals surface area contributed by atoms with Gasteiger partial charge in [-0.2, -0.15) is 0 Å². The average molecular weight is 377 g/mol. The zero-order valence-corrected chi connectivity index (χ0v) is 16.3. The molecule has 1 aromatic rings. The lowest BCUT2D eigenvalue weighted by molar-refractivity contribution is -0.147. The number of amides is 3. The standard InChI is InChI=1S/C19H27N3O5/c1-5-27-16-12-14(6-7-15(16)26-4)18(24)21-8-10-22(11-9-21)19(25)17(23)20-13(2)3/h6-7,12-13H,5,8-11H2,1-4H3,(H,20,23). The van der Waals surface area contributed by atoms with Gasteiger partial charge in [0, 0.05) is 37.8 Å². The molecule has 2 rings (SSSR count). The highest BCUT2D eigenvalue weighted by Crippen LogP contribution is 2.28. The number of hydrogen-bond donors (Lipinski definition) is 1. The monoisotopic (exact) mass is 377 g/mol. The molecule has 0 spiro atoms. The fourth-order valence-corrected chi connectivity index (χ4v) is 2.84. The highest BCUT2D eigenvalue weighted by Gasteiger charge is 2.28. The van der Waals surface area contributed by atoms with Crippen LogP contribution in [0.15, 0.2) is 18.2 Å². The third-order valence-electron chi connectivity index (χ3n) is 4.18. The number of nitrogens with zero attached hydrogens (tertiary/aromatic N) is 2. The van der Waals surface area contributed by atoms with Crippen molar-refractivity contribution in [1.29, 1.82) is 0 Å². The summed E-state index contributed by atoms with van der Waals surface area (Å²) in [5, 5.41) is 2.59. The molecule has 1 aliphatic rings. The summed E-state index contributed by atoms with van der Waals surface area (Å²) in [6, 6.07) is 4.96. The Morgan fingerprint density at radius 2 is 1.70 bits per heavy atom. The van der Waals surface area contributed by atoms with E-state index in [-0.39, 0.29) is 11.9 Å². The molecule has 8 nitrogen and oxygen atoms in total. The van der Waals surface area contributed by atoms with Crippen molar-refractivity contribution in [2.75, 3.05) is 39.9 Å². The van der Waals surface area contributed by atoms with E-state index in [1.54, 1.807) is 44.1 Å². The van der Waals surface area contributed by atoms with Crippen molar-refractivity contribution >= 4 is 17.7 Å². The Morgan fingerprint density at radius 3 is 2.26 bits per heavy atom. The van der Waals surface area contributed by atoms with Gasteiger partial charge in [-0.3, -0.25) is 14.4 Å². The number of carbonyl (C=O) groups is 3. The van der Waals surface area contributed by atoms with Crippen LogP contribution in [0.25, 0.3) is 0 Å². The van der Waals surface area contributed by atoms with Crippen LogP contribution in [0.3, 0.4) is 0 Å². The molecule has 0 saturated carbocycles. The Balaban J connectivity index is 1.99. The molecule has 0 aliphatic carbocycles. The van der Waals surface area contributed by atoms with Crippen LogP contribution in [-0.4, -0.2) is 73.5 Å². The molecule has 1 N–H and O–H groups in total. The predicted octanol–water partition coefficient (Wildman–Crippen LogP) is 0.903. The van der Waals surface area contributed by atoms with Gasteiger partial charge in [-0.25, -0.2) is 0 Å². The van der Waals surface area contributed by atoms with Gasteiger partial charge in [-0.15, -0.1) is 0 Å². The highest BCUT2D eigenvalue weighted by atomic mass is 16.5. The van der Waals surface area contributed by atoms with Crippen LogP contribution in [0.5, 0.6) is 11.5 Å². The highest BCUT2D eigenvalue weighted by molar-refractivity contribution is 6.35. The number of rotatable bonds is 5. The molecule has 1 fully saturated rings. The largest absolute Gasteiger partial charge is 0.493 e. The second kappa shape index (κ2) is 9.25. The van der Waals surface area contributed by atoms with Gasteiger partial charge in [0.25, 0.3) is 5.91 Å². The van der Waals surface area contributed by atoms with Crippen molar-refractivity contribution in [1.82, 2.24) is 15.1 Å². The van der Waals surface area contributed by atoms with Crippen molar-refractivity contribution < 1.29 is 23.9 Å². The third kappa shape index (κ3) is 5.12. The van der Waals surface area contributed by atoms with Gasteiger partial charge in [-0.1, -0.05) is 0 Å². The zero-order valence-electron chi connectivity index (χ0n) is 16.3. The Labute approximate surface area is 159 Å². The van der Waals surface area contributed by atoms with Gasteiger partial charge in [-0.05, 0) is 39.0 Å². The normalized spacial score (nSPS) is 14.1. The minimum atomic E-state index is -0.610. The molecule has 1 aliphatic heterocycles. The molecular weight excluding hydrogens is 350 g/mol. The Morgan fingerprint density at radius 1 is 1.07 bits per heavy atom. The summed E-state index contributed by atoms with van der Waals surface area (Å²) in [6.45, 7) is 7.31. The first-order chi connectivity index (χ1) is 12.9. The summed E-state index contributed by atoms with van der Waals surface area (Å²) in [6.07, 6.45) is 0. The lowest BCUT2D eigenvalue weighted by Crippen LogP contribution is -2.54. The van der Waals surface area contributed by atoms with Crippen LogP contribution in [0.2, 0.25) is 0 Å². The van der Waals surface area contributed by atoms with E-state index in [2.05, 4.69) is 5.32 Å². The first-order valence-electron chi connectivity index (χ1n) is 9.07. The Hall–Kier alpha value is -2.77. The Bertz CT molecular complexity index is 697. The number of nitrogens with one attached hydrogen (secondary N) is 1. The van der Waals surface area contributed by atoms with E-state index < -0.39 is 11.8 Å². The number of carbonyl (C=O) groups excluding carboxylic acids is 3. The van der Waals surface area contributed by atoms with Gasteiger partial charge in [0.15, 0.2) is 11.5 Å². The van der Waals surface area contributed by atoms with Gasteiger partial charge in [0.1, 0.15) is 0 Å². The summed E-state index contributed by atoms with van der Waals surface area (Å²) in [5.41, 5.74) is 0.497. The van der Waals surface area contributed by atoms with E-state index in [1.807, 2.05) is 6.92 Å². The van der Waals surface area contributed by atoms with E-state index in [4.69, 9.17) is 9.47 Å². The summed E-state index contributed by atoms with van der Waals surface area (Å²) in [7, 11) is 1.55. The maximum atomic E-state index is 12.8. The minimum absolute atomic E-state index is 0.0982. The molecule has 148 valence electrons. The number of hydrogen-bond acceptors (Lipinski definition) is 5. The lowest BCUT2D eigenvalue weighted by Gasteiger charge is -2.34. The summed E-state index contributed by atoms with van der Waals surface area (Å²) in [4.78, 5) is 39.9. The maximum Gasteiger partial charge on any atom is 0.312 e. The third-order valence-corrected chi connectivity index (χ3v) is 4.18. The summed E-state index contributed by atoms with van der Waals surface area (Å²) < 4.78 is 10.8. The quantitative estimate of drug-likeness (QED) is 0.771. The second-order valence-electron chi connectivity index (χ2n) is 6.51. The minimum Gasteiger partial charge on any atom is -0.493 e. The fraction of sp³-hybridized carbons (Fsp3) is 0.526. The van der Waals surface area contributed by atoms with Crippen LogP contribution >= 0.6 is 0 Å². The number of benzene rings is 1. The SMILES string of the molecule is CCOc1cc(C(=O)N2CCN(C(=O)C(=O)NC(C)C)CC2)ccc1OC. The molecule has 3 amide bonds. The van der Waals surface area contributed by atoms with Crippen LogP contribution in [0, 0.1) is 0 Å². The topological polar surface area (TPSA) is 88.2 Å². The van der Waals surface area contributed by atoms with E-state index >= 15 is 0 Å². The zero-order chi connectivity index (χ0) is 20.0. The molecule has 1 saturated heterocycles. The maximum absolute atomic E-state index is 12.8. The molecule has 0 atom stereocenters. The smallest absolute Gasteiger partial charge is 0.312 e. The van der Waals surface area contributed by atoms with Crippen LogP contribution in [-0.2, 0) is 9.59 Å². The van der Waals surface area contributed by atoms with Gasteiger partial charge < -0.3 is 24.6 Å². The van der Waals surface area contributed by atoms with Crippen molar-refractivity contribution in [2.24, 2.45) is 0 Å². The van der Waals surface area contributed by atoms with Gasteiger partial charge in [0.2, 0.25) is 0 Å². The van der Waals surface area contributed by atoms with Crippen LogP contribution in [0.4, 0.5) is 0 Å². The number of ether oxygens (including phenoxy) is 2. The molecule has 0 aromatic heterocycles. The molecule has 8 heteroatoms. The molecule has 0 bridgehead atoms. The van der Waals surface area contributed by atoms with Crippen LogP contribution in [0.1, 0.15) is 31.1 Å². The van der Waals surface area contributed by atoms with Gasteiger partial charge in [0.05, 0.1) is 13.7 Å². The van der Waals surface area contributed by atoms with E-state index in [0.29, 0.717) is 49.8 Å².